The van der Waals surface area contributed by atoms with Crippen LogP contribution in [0.2, 0.25) is 0 Å². The fraction of sp³-hybridized carbons (Fsp3) is 0.0909. The second-order valence-electron chi connectivity index (χ2n) is 3.20. The summed E-state index contributed by atoms with van der Waals surface area (Å²) in [5.74, 6) is -0.292. The van der Waals surface area contributed by atoms with Crippen molar-refractivity contribution >= 4 is 0 Å². The lowest BCUT2D eigenvalue weighted by atomic mass is 10.0. The van der Waals surface area contributed by atoms with E-state index in [4.69, 9.17) is 5.73 Å². The maximum absolute atomic E-state index is 13.0. The molecule has 0 spiro atoms. The highest BCUT2D eigenvalue weighted by Crippen LogP contribution is 2.18. The van der Waals surface area contributed by atoms with Crippen molar-refractivity contribution < 1.29 is 4.39 Å². The fourth-order valence-corrected chi connectivity index (χ4v) is 1.36. The third-order valence-corrected chi connectivity index (χ3v) is 2.15. The molecule has 76 valence electrons. The molecular formula is C11H10FN3. The zero-order valence-electron chi connectivity index (χ0n) is 7.97. The third-order valence-electron chi connectivity index (χ3n) is 2.15. The van der Waals surface area contributed by atoms with Crippen LogP contribution in [0.3, 0.4) is 0 Å². The highest BCUT2D eigenvalue weighted by Gasteiger charge is 2.09. The summed E-state index contributed by atoms with van der Waals surface area (Å²) in [6.07, 6.45) is 4.69. The third kappa shape index (κ3) is 2.16. The Morgan fingerprint density at radius 3 is 2.53 bits per heavy atom. The Morgan fingerprint density at radius 1 is 1.13 bits per heavy atom. The van der Waals surface area contributed by atoms with Crippen LogP contribution >= 0.6 is 0 Å². The number of nitrogens with two attached hydrogens (primary N) is 1. The molecule has 0 radical (unpaired) electrons. The maximum atomic E-state index is 13.0. The van der Waals surface area contributed by atoms with E-state index in [0.717, 1.165) is 5.56 Å². The van der Waals surface area contributed by atoms with Gasteiger partial charge in [-0.1, -0.05) is 12.1 Å². The average molecular weight is 203 g/mol. The molecule has 4 heteroatoms. The van der Waals surface area contributed by atoms with Gasteiger partial charge in [-0.3, -0.25) is 0 Å². The van der Waals surface area contributed by atoms with Crippen molar-refractivity contribution in [2.45, 2.75) is 6.04 Å². The van der Waals surface area contributed by atoms with Gasteiger partial charge in [0, 0.05) is 18.0 Å². The zero-order chi connectivity index (χ0) is 10.7. The van der Waals surface area contributed by atoms with Crippen LogP contribution in [0.1, 0.15) is 17.2 Å². The predicted octanol–water partition coefficient (Wildman–Crippen LogP) is 1.66. The SMILES string of the molecule is NC(c1cncnc1)c1cccc(F)c1. The average Bonchev–Trinajstić information content (AvgIpc) is 2.29. The standard InChI is InChI=1S/C11H10FN3/c12-10-3-1-2-8(4-10)11(13)9-5-14-7-15-6-9/h1-7,11H,13H2. The molecular weight excluding hydrogens is 193 g/mol. The van der Waals surface area contributed by atoms with Crippen molar-refractivity contribution in [3.05, 3.63) is 59.9 Å². The van der Waals surface area contributed by atoms with Crippen LogP contribution in [-0.2, 0) is 0 Å². The van der Waals surface area contributed by atoms with E-state index in [-0.39, 0.29) is 11.9 Å². The minimum absolute atomic E-state index is 0.292. The lowest BCUT2D eigenvalue weighted by Crippen LogP contribution is -2.12. The van der Waals surface area contributed by atoms with Gasteiger partial charge >= 0.3 is 0 Å². The molecule has 1 heterocycles. The number of hydrogen-bond acceptors (Lipinski definition) is 3. The molecule has 0 saturated carbocycles. The molecule has 1 aromatic carbocycles. The van der Waals surface area contributed by atoms with Gasteiger partial charge in [-0.2, -0.15) is 0 Å². The van der Waals surface area contributed by atoms with E-state index in [1.54, 1.807) is 24.5 Å². The highest BCUT2D eigenvalue weighted by molar-refractivity contribution is 5.28. The van der Waals surface area contributed by atoms with E-state index in [2.05, 4.69) is 9.97 Å². The molecule has 0 amide bonds. The summed E-state index contributed by atoms with van der Waals surface area (Å²) in [5.41, 5.74) is 7.42. The van der Waals surface area contributed by atoms with Gasteiger partial charge in [0.05, 0.1) is 6.04 Å². The Balaban J connectivity index is 2.32. The normalized spacial score (nSPS) is 12.4. The van der Waals surface area contributed by atoms with Crippen LogP contribution in [0.15, 0.2) is 43.0 Å². The van der Waals surface area contributed by atoms with Gasteiger partial charge in [0.2, 0.25) is 0 Å². The van der Waals surface area contributed by atoms with E-state index in [9.17, 15) is 4.39 Å². The van der Waals surface area contributed by atoms with Crippen molar-refractivity contribution in [3.8, 4) is 0 Å². The first-order valence-corrected chi connectivity index (χ1v) is 4.53. The Bertz CT molecular complexity index is 445. The van der Waals surface area contributed by atoms with E-state index in [1.165, 1.54) is 18.5 Å². The van der Waals surface area contributed by atoms with Crippen molar-refractivity contribution in [2.75, 3.05) is 0 Å². The van der Waals surface area contributed by atoms with E-state index in [0.29, 0.717) is 5.56 Å². The number of halogens is 1. The molecule has 0 fully saturated rings. The van der Waals surface area contributed by atoms with Crippen molar-refractivity contribution in [1.82, 2.24) is 9.97 Å². The molecule has 1 aromatic heterocycles. The van der Waals surface area contributed by atoms with Gasteiger partial charge in [0.15, 0.2) is 0 Å². The Hall–Kier alpha value is -1.81. The summed E-state index contributed by atoms with van der Waals surface area (Å²) in [5, 5.41) is 0. The second kappa shape index (κ2) is 4.14. The number of aromatic nitrogens is 2. The van der Waals surface area contributed by atoms with Crippen molar-refractivity contribution in [2.24, 2.45) is 5.73 Å². The Morgan fingerprint density at radius 2 is 1.87 bits per heavy atom. The Labute approximate surface area is 86.8 Å². The minimum atomic E-state index is -0.387. The first-order chi connectivity index (χ1) is 7.27. The number of nitrogens with zero attached hydrogens (tertiary/aromatic N) is 2. The van der Waals surface area contributed by atoms with Crippen LogP contribution in [0.5, 0.6) is 0 Å². The first kappa shape index (κ1) is 9.73. The lowest BCUT2D eigenvalue weighted by molar-refractivity contribution is 0.623. The van der Waals surface area contributed by atoms with Crippen LogP contribution in [0.4, 0.5) is 4.39 Å². The predicted molar refractivity (Wildman–Crippen MR) is 54.5 cm³/mol. The second-order valence-corrected chi connectivity index (χ2v) is 3.20. The molecule has 15 heavy (non-hydrogen) atoms. The van der Waals surface area contributed by atoms with Gasteiger partial charge < -0.3 is 5.73 Å². The summed E-state index contributed by atoms with van der Waals surface area (Å²) < 4.78 is 13.0. The van der Waals surface area contributed by atoms with Crippen LogP contribution < -0.4 is 5.73 Å². The monoisotopic (exact) mass is 203 g/mol. The molecule has 3 nitrogen and oxygen atoms in total. The highest BCUT2D eigenvalue weighted by atomic mass is 19.1. The summed E-state index contributed by atoms with van der Waals surface area (Å²) in [6, 6.07) is 5.83. The van der Waals surface area contributed by atoms with Crippen molar-refractivity contribution in [1.29, 1.82) is 0 Å². The topological polar surface area (TPSA) is 51.8 Å². The number of benzene rings is 1. The molecule has 1 atom stereocenters. The summed E-state index contributed by atoms with van der Waals surface area (Å²) >= 11 is 0. The minimum Gasteiger partial charge on any atom is -0.320 e. The molecule has 0 bridgehead atoms. The molecule has 2 rings (SSSR count). The van der Waals surface area contributed by atoms with Gasteiger partial charge in [0.25, 0.3) is 0 Å². The molecule has 0 saturated heterocycles. The zero-order valence-corrected chi connectivity index (χ0v) is 7.97. The molecule has 0 aliphatic heterocycles. The van der Waals surface area contributed by atoms with Crippen LogP contribution in [0, 0.1) is 5.82 Å². The maximum Gasteiger partial charge on any atom is 0.123 e. The quantitative estimate of drug-likeness (QED) is 0.807. The summed E-state index contributed by atoms with van der Waals surface area (Å²) in [6.45, 7) is 0. The molecule has 0 aliphatic carbocycles. The van der Waals surface area contributed by atoms with E-state index < -0.39 is 0 Å². The molecule has 2 aromatic rings. The van der Waals surface area contributed by atoms with Gasteiger partial charge in [0.1, 0.15) is 12.1 Å². The lowest BCUT2D eigenvalue weighted by Gasteiger charge is -2.11. The number of hydrogen-bond donors (Lipinski definition) is 1. The van der Waals surface area contributed by atoms with E-state index in [1.807, 2.05) is 0 Å². The summed E-state index contributed by atoms with van der Waals surface area (Å²) in [4.78, 5) is 7.74. The van der Waals surface area contributed by atoms with Gasteiger partial charge in [-0.05, 0) is 17.7 Å². The largest absolute Gasteiger partial charge is 0.320 e. The first-order valence-electron chi connectivity index (χ1n) is 4.53. The van der Waals surface area contributed by atoms with E-state index >= 15 is 0 Å². The summed E-state index contributed by atoms with van der Waals surface area (Å²) in [7, 11) is 0. The van der Waals surface area contributed by atoms with Crippen LogP contribution in [-0.4, -0.2) is 9.97 Å². The molecule has 2 N–H and O–H groups in total. The number of rotatable bonds is 2. The fourth-order valence-electron chi connectivity index (χ4n) is 1.36. The van der Waals surface area contributed by atoms with Crippen LogP contribution in [0.25, 0.3) is 0 Å². The smallest absolute Gasteiger partial charge is 0.123 e. The molecule has 0 aliphatic rings. The Kier molecular flexibility index (Phi) is 2.69. The van der Waals surface area contributed by atoms with Crippen molar-refractivity contribution in [3.63, 3.8) is 0 Å². The van der Waals surface area contributed by atoms with Gasteiger partial charge in [-0.25, -0.2) is 14.4 Å². The van der Waals surface area contributed by atoms with Gasteiger partial charge in [-0.15, -0.1) is 0 Å². The molecule has 1 unspecified atom stereocenters.